The van der Waals surface area contributed by atoms with Gasteiger partial charge in [-0.15, -0.1) is 0 Å². The van der Waals surface area contributed by atoms with Crippen LogP contribution in [0.5, 0.6) is 0 Å². The van der Waals surface area contributed by atoms with Crippen LogP contribution in [0.15, 0.2) is 30.3 Å². The molecule has 0 aromatic heterocycles. The summed E-state index contributed by atoms with van der Waals surface area (Å²) < 4.78 is 24.6. The van der Waals surface area contributed by atoms with Crippen molar-refractivity contribution in [2.75, 3.05) is 13.2 Å². The largest absolute Gasteiger partial charge is 0.348 e. The number of hydrogen-bond acceptors (Lipinski definition) is 3. The van der Waals surface area contributed by atoms with E-state index in [0.717, 1.165) is 5.56 Å². The number of halogens is 1. The molecule has 0 saturated carbocycles. The highest BCUT2D eigenvalue weighted by atomic mass is 19.1. The number of amides is 1. The lowest BCUT2D eigenvalue weighted by Gasteiger charge is -2.49. The Labute approximate surface area is 117 Å². The molecular weight excluding hydrogens is 261 g/mol. The van der Waals surface area contributed by atoms with Crippen LogP contribution in [-0.2, 0) is 20.8 Å². The Balaban J connectivity index is 1.76. The van der Waals surface area contributed by atoms with Gasteiger partial charge in [-0.25, -0.2) is 4.39 Å². The van der Waals surface area contributed by atoms with Crippen molar-refractivity contribution in [2.45, 2.75) is 32.0 Å². The van der Waals surface area contributed by atoms with Crippen molar-refractivity contribution in [3.8, 4) is 0 Å². The van der Waals surface area contributed by atoms with Crippen LogP contribution >= 0.6 is 0 Å². The maximum absolute atomic E-state index is 13.7. The van der Waals surface area contributed by atoms with Gasteiger partial charge in [-0.3, -0.25) is 4.79 Å². The molecule has 1 amide bonds. The van der Waals surface area contributed by atoms with Gasteiger partial charge in [0, 0.05) is 6.54 Å². The second kappa shape index (κ2) is 5.50. The van der Waals surface area contributed by atoms with E-state index in [1.807, 2.05) is 30.3 Å². The molecule has 0 aliphatic carbocycles. The SMILES string of the molecule is C[C@@H](F)[C@H]1C(=O)N(Cc2ccccc2)[C@@H]1C1OCCO1. The molecule has 2 aliphatic heterocycles. The van der Waals surface area contributed by atoms with Crippen LogP contribution < -0.4 is 0 Å². The van der Waals surface area contributed by atoms with E-state index in [4.69, 9.17) is 9.47 Å². The van der Waals surface area contributed by atoms with Crippen LogP contribution in [0.25, 0.3) is 0 Å². The topological polar surface area (TPSA) is 38.8 Å². The maximum Gasteiger partial charge on any atom is 0.231 e. The summed E-state index contributed by atoms with van der Waals surface area (Å²) in [7, 11) is 0. The third-order valence-corrected chi connectivity index (χ3v) is 3.91. The van der Waals surface area contributed by atoms with E-state index in [2.05, 4.69) is 0 Å². The second-order valence-electron chi connectivity index (χ2n) is 5.26. The Morgan fingerprint density at radius 1 is 1.30 bits per heavy atom. The minimum absolute atomic E-state index is 0.159. The molecule has 0 unspecified atom stereocenters. The van der Waals surface area contributed by atoms with Gasteiger partial charge in [-0.1, -0.05) is 30.3 Å². The van der Waals surface area contributed by atoms with Crippen molar-refractivity contribution in [1.82, 2.24) is 4.90 Å². The first-order valence-corrected chi connectivity index (χ1v) is 6.90. The van der Waals surface area contributed by atoms with Gasteiger partial charge in [0.15, 0.2) is 6.29 Å². The van der Waals surface area contributed by atoms with Gasteiger partial charge in [0.1, 0.15) is 6.17 Å². The van der Waals surface area contributed by atoms with E-state index in [0.29, 0.717) is 19.8 Å². The van der Waals surface area contributed by atoms with Crippen molar-refractivity contribution in [2.24, 2.45) is 5.92 Å². The van der Waals surface area contributed by atoms with Crippen LogP contribution in [0.4, 0.5) is 4.39 Å². The summed E-state index contributed by atoms with van der Waals surface area (Å²) in [6.45, 7) is 2.89. The molecule has 3 atom stereocenters. The lowest BCUT2D eigenvalue weighted by molar-refractivity contribution is -0.194. The van der Waals surface area contributed by atoms with Gasteiger partial charge < -0.3 is 14.4 Å². The summed E-state index contributed by atoms with van der Waals surface area (Å²) in [5, 5.41) is 0. The molecular formula is C15H18FNO3. The molecule has 1 aromatic rings. The third-order valence-electron chi connectivity index (χ3n) is 3.91. The molecule has 5 heteroatoms. The first kappa shape index (κ1) is 13.5. The predicted molar refractivity (Wildman–Crippen MR) is 70.5 cm³/mol. The van der Waals surface area contributed by atoms with Crippen LogP contribution in [0.2, 0.25) is 0 Å². The number of ether oxygens (including phenoxy) is 2. The lowest BCUT2D eigenvalue weighted by Crippen LogP contribution is -2.67. The highest BCUT2D eigenvalue weighted by Gasteiger charge is 2.55. The zero-order valence-corrected chi connectivity index (χ0v) is 11.4. The number of benzene rings is 1. The van der Waals surface area contributed by atoms with Gasteiger partial charge in [0.25, 0.3) is 0 Å². The zero-order valence-electron chi connectivity index (χ0n) is 11.4. The van der Waals surface area contributed by atoms with Gasteiger partial charge in [-0.05, 0) is 12.5 Å². The van der Waals surface area contributed by atoms with Crippen molar-refractivity contribution in [3.05, 3.63) is 35.9 Å². The summed E-state index contributed by atoms with van der Waals surface area (Å²) in [5.41, 5.74) is 1.02. The van der Waals surface area contributed by atoms with Gasteiger partial charge in [0.2, 0.25) is 5.91 Å². The van der Waals surface area contributed by atoms with E-state index in [1.54, 1.807) is 4.90 Å². The van der Waals surface area contributed by atoms with Crippen molar-refractivity contribution in [3.63, 3.8) is 0 Å². The number of alkyl halides is 1. The Hall–Kier alpha value is -1.46. The molecule has 0 radical (unpaired) electrons. The molecule has 20 heavy (non-hydrogen) atoms. The lowest BCUT2D eigenvalue weighted by atomic mass is 9.83. The predicted octanol–water partition coefficient (Wildman–Crippen LogP) is 1.74. The number of likely N-dealkylation sites (tertiary alicyclic amines) is 1. The first-order chi connectivity index (χ1) is 9.68. The average Bonchev–Trinajstić information content (AvgIpc) is 2.95. The molecule has 0 spiro atoms. The molecule has 2 aliphatic rings. The van der Waals surface area contributed by atoms with Crippen molar-refractivity contribution >= 4 is 5.91 Å². The average molecular weight is 279 g/mol. The number of nitrogens with zero attached hydrogens (tertiary/aromatic N) is 1. The number of carbonyl (C=O) groups is 1. The van der Waals surface area contributed by atoms with Gasteiger partial charge in [-0.2, -0.15) is 0 Å². The minimum Gasteiger partial charge on any atom is -0.348 e. The molecule has 3 rings (SSSR count). The molecule has 108 valence electrons. The number of hydrogen-bond donors (Lipinski definition) is 0. The molecule has 2 saturated heterocycles. The van der Waals surface area contributed by atoms with Crippen molar-refractivity contribution in [1.29, 1.82) is 0 Å². The summed E-state index contributed by atoms with van der Waals surface area (Å²) in [4.78, 5) is 13.8. The highest BCUT2D eigenvalue weighted by molar-refractivity contribution is 5.86. The van der Waals surface area contributed by atoms with Crippen LogP contribution in [0.3, 0.4) is 0 Å². The highest BCUT2D eigenvalue weighted by Crippen LogP contribution is 2.37. The van der Waals surface area contributed by atoms with Crippen LogP contribution in [-0.4, -0.2) is 42.5 Å². The molecule has 0 bridgehead atoms. The molecule has 2 fully saturated rings. The maximum atomic E-state index is 13.7. The smallest absolute Gasteiger partial charge is 0.231 e. The normalized spacial score (nSPS) is 28.5. The fraction of sp³-hybridized carbons (Fsp3) is 0.533. The summed E-state index contributed by atoms with van der Waals surface area (Å²) in [5.74, 6) is -0.810. The summed E-state index contributed by atoms with van der Waals surface area (Å²) in [6.07, 6.45) is -1.69. The molecule has 2 heterocycles. The van der Waals surface area contributed by atoms with E-state index in [1.165, 1.54) is 6.92 Å². The van der Waals surface area contributed by atoms with E-state index in [9.17, 15) is 9.18 Å². The first-order valence-electron chi connectivity index (χ1n) is 6.90. The number of carbonyl (C=O) groups excluding carboxylic acids is 1. The Morgan fingerprint density at radius 3 is 2.55 bits per heavy atom. The molecule has 1 aromatic carbocycles. The second-order valence-corrected chi connectivity index (χ2v) is 5.26. The molecule has 4 nitrogen and oxygen atoms in total. The molecule has 0 N–H and O–H groups in total. The van der Waals surface area contributed by atoms with Gasteiger partial charge >= 0.3 is 0 Å². The third kappa shape index (κ3) is 2.31. The van der Waals surface area contributed by atoms with Crippen LogP contribution in [0, 0.1) is 5.92 Å². The van der Waals surface area contributed by atoms with Crippen molar-refractivity contribution < 1.29 is 18.7 Å². The minimum atomic E-state index is -1.19. The Bertz CT molecular complexity index is 473. The fourth-order valence-corrected chi connectivity index (χ4v) is 2.92. The van der Waals surface area contributed by atoms with E-state index >= 15 is 0 Å². The fourth-order valence-electron chi connectivity index (χ4n) is 2.92. The summed E-state index contributed by atoms with van der Waals surface area (Å²) in [6, 6.07) is 9.35. The number of rotatable bonds is 4. The Kier molecular flexibility index (Phi) is 3.72. The monoisotopic (exact) mass is 279 g/mol. The summed E-state index contributed by atoms with van der Waals surface area (Å²) >= 11 is 0. The van der Waals surface area contributed by atoms with Crippen LogP contribution in [0.1, 0.15) is 12.5 Å². The van der Waals surface area contributed by atoms with Gasteiger partial charge in [0.05, 0.1) is 25.2 Å². The van der Waals surface area contributed by atoms with E-state index < -0.39 is 18.4 Å². The van der Waals surface area contributed by atoms with E-state index in [-0.39, 0.29) is 11.9 Å². The Morgan fingerprint density at radius 2 is 1.95 bits per heavy atom. The number of β-lactam (4-membered cyclic amide) rings is 1. The quantitative estimate of drug-likeness (QED) is 0.788. The standard InChI is InChI=1S/C15H18FNO3/c1-10(16)12-13(15-19-7-8-20-15)17(14(12)18)9-11-5-3-2-4-6-11/h2-6,10,12-13,15H,7-9H2,1H3/t10-,12-,13+/m1/s1. The zero-order chi connectivity index (χ0) is 14.1.